The number of ether oxygens (including phenoxy) is 1. The number of esters is 1. The molecule has 1 heterocycles. The molecule has 8 nitrogen and oxygen atoms in total. The number of nitrogens with one attached hydrogen (secondary N) is 2. The Kier molecular flexibility index (Phi) is 5.81. The largest absolute Gasteiger partial charge is 0.465 e. The number of benzene rings is 1. The quantitative estimate of drug-likeness (QED) is 0.740. The van der Waals surface area contributed by atoms with Crippen LogP contribution < -0.4 is 10.6 Å². The number of methoxy groups -OCH3 is 1. The number of hydrogen-bond donors (Lipinski definition) is 2. The average Bonchev–Trinajstić information content (AvgIpc) is 2.54. The van der Waals surface area contributed by atoms with Crippen LogP contribution >= 0.6 is 0 Å². The summed E-state index contributed by atoms with van der Waals surface area (Å²) in [5.41, 5.74) is 1.18. The van der Waals surface area contributed by atoms with Crippen molar-refractivity contribution < 1.29 is 9.53 Å². The first-order chi connectivity index (χ1) is 11.1. The molecule has 23 heavy (non-hydrogen) atoms. The molecule has 0 atom stereocenters. The van der Waals surface area contributed by atoms with Crippen LogP contribution in [-0.4, -0.2) is 60.3 Å². The molecule has 1 aromatic heterocycles. The van der Waals surface area contributed by atoms with Crippen LogP contribution in [-0.2, 0) is 4.74 Å². The third-order valence-electron chi connectivity index (χ3n) is 2.96. The van der Waals surface area contributed by atoms with Gasteiger partial charge in [0.15, 0.2) is 5.82 Å². The number of aromatic nitrogens is 3. The minimum absolute atomic E-state index is 0.388. The van der Waals surface area contributed by atoms with Crippen LogP contribution in [0.3, 0.4) is 0 Å². The van der Waals surface area contributed by atoms with E-state index in [2.05, 4.69) is 30.7 Å². The van der Waals surface area contributed by atoms with E-state index >= 15 is 0 Å². The Labute approximate surface area is 134 Å². The Hall–Kier alpha value is -2.74. The minimum atomic E-state index is -0.388. The summed E-state index contributed by atoms with van der Waals surface area (Å²) in [4.78, 5) is 17.9. The zero-order valence-corrected chi connectivity index (χ0v) is 13.4. The molecule has 1 aromatic carbocycles. The lowest BCUT2D eigenvalue weighted by atomic mass is 10.2. The molecule has 0 saturated carbocycles. The fraction of sp³-hybridized carbons (Fsp3) is 0.333. The number of anilines is 3. The maximum absolute atomic E-state index is 11.5. The summed E-state index contributed by atoms with van der Waals surface area (Å²) < 4.78 is 4.71. The molecule has 0 radical (unpaired) electrons. The van der Waals surface area contributed by atoms with E-state index in [1.807, 2.05) is 20.2 Å². The Morgan fingerprint density at radius 2 is 2.17 bits per heavy atom. The van der Waals surface area contributed by atoms with Crippen molar-refractivity contribution in [2.45, 2.75) is 0 Å². The Balaban J connectivity index is 2.04. The van der Waals surface area contributed by atoms with Crippen molar-refractivity contribution in [1.29, 1.82) is 0 Å². The summed E-state index contributed by atoms with van der Waals surface area (Å²) in [5.74, 6) is 0.593. The van der Waals surface area contributed by atoms with Gasteiger partial charge in [-0.25, -0.2) is 4.79 Å². The molecule has 0 fully saturated rings. The van der Waals surface area contributed by atoms with E-state index in [4.69, 9.17) is 4.74 Å². The summed E-state index contributed by atoms with van der Waals surface area (Å²) in [6.07, 6.45) is 1.52. The van der Waals surface area contributed by atoms with Crippen LogP contribution in [0.5, 0.6) is 0 Å². The van der Waals surface area contributed by atoms with Crippen molar-refractivity contribution in [2.24, 2.45) is 0 Å². The molecule has 8 heteroatoms. The predicted molar refractivity (Wildman–Crippen MR) is 87.9 cm³/mol. The lowest BCUT2D eigenvalue weighted by Gasteiger charge is -2.11. The van der Waals surface area contributed by atoms with Crippen molar-refractivity contribution in [3.63, 3.8) is 0 Å². The van der Waals surface area contributed by atoms with Crippen LogP contribution in [0.2, 0.25) is 0 Å². The van der Waals surface area contributed by atoms with Gasteiger partial charge in [-0.15, -0.1) is 5.10 Å². The van der Waals surface area contributed by atoms with Crippen molar-refractivity contribution in [2.75, 3.05) is 44.9 Å². The van der Waals surface area contributed by atoms with Gasteiger partial charge in [-0.2, -0.15) is 10.1 Å². The lowest BCUT2D eigenvalue weighted by molar-refractivity contribution is 0.0601. The number of carbonyl (C=O) groups excluding carboxylic acids is 1. The smallest absolute Gasteiger partial charge is 0.337 e. The predicted octanol–water partition coefficient (Wildman–Crippen LogP) is 1.38. The Morgan fingerprint density at radius 3 is 2.91 bits per heavy atom. The van der Waals surface area contributed by atoms with E-state index in [-0.39, 0.29) is 5.97 Å². The fourth-order valence-corrected chi connectivity index (χ4v) is 1.82. The number of likely N-dealkylation sites (N-methyl/N-ethyl adjacent to an activating group) is 1. The van der Waals surface area contributed by atoms with Gasteiger partial charge in [-0.1, -0.05) is 6.07 Å². The number of rotatable bonds is 7. The standard InChI is InChI=1S/C15H20N6O2/c1-21(2)8-7-16-15-19-13(10-17-20-15)18-12-6-4-5-11(9-12)14(22)23-3/h4-6,9-10H,7-8H2,1-3H3,(H2,16,18,19,20). The van der Waals surface area contributed by atoms with Gasteiger partial charge in [-0.3, -0.25) is 0 Å². The van der Waals surface area contributed by atoms with Gasteiger partial charge in [0.2, 0.25) is 5.95 Å². The summed E-state index contributed by atoms with van der Waals surface area (Å²) >= 11 is 0. The summed E-state index contributed by atoms with van der Waals surface area (Å²) in [6.45, 7) is 1.58. The maximum atomic E-state index is 11.5. The molecule has 0 saturated heterocycles. The van der Waals surface area contributed by atoms with Gasteiger partial charge in [-0.05, 0) is 32.3 Å². The fourth-order valence-electron chi connectivity index (χ4n) is 1.82. The first-order valence-electron chi connectivity index (χ1n) is 7.12. The zero-order valence-electron chi connectivity index (χ0n) is 13.4. The molecule has 0 amide bonds. The second-order valence-corrected chi connectivity index (χ2v) is 5.09. The molecular formula is C15H20N6O2. The van der Waals surface area contributed by atoms with Crippen molar-refractivity contribution >= 4 is 23.4 Å². The van der Waals surface area contributed by atoms with Crippen LogP contribution in [0.15, 0.2) is 30.5 Å². The Bertz CT molecular complexity index is 662. The average molecular weight is 316 g/mol. The molecule has 2 aromatic rings. The molecule has 0 bridgehead atoms. The monoisotopic (exact) mass is 316 g/mol. The van der Waals surface area contributed by atoms with E-state index in [0.717, 1.165) is 13.1 Å². The van der Waals surface area contributed by atoms with Gasteiger partial charge < -0.3 is 20.3 Å². The highest BCUT2D eigenvalue weighted by molar-refractivity contribution is 5.90. The molecule has 122 valence electrons. The highest BCUT2D eigenvalue weighted by Gasteiger charge is 2.07. The van der Waals surface area contributed by atoms with Crippen molar-refractivity contribution in [3.8, 4) is 0 Å². The van der Waals surface area contributed by atoms with E-state index in [1.54, 1.807) is 18.2 Å². The molecule has 0 aliphatic carbocycles. The van der Waals surface area contributed by atoms with E-state index < -0.39 is 0 Å². The maximum Gasteiger partial charge on any atom is 0.337 e. The summed E-state index contributed by atoms with van der Waals surface area (Å²) in [7, 11) is 5.34. The van der Waals surface area contributed by atoms with Gasteiger partial charge in [0.1, 0.15) is 0 Å². The topological polar surface area (TPSA) is 92.3 Å². The molecule has 2 rings (SSSR count). The molecule has 0 aliphatic rings. The minimum Gasteiger partial charge on any atom is -0.465 e. The molecule has 2 N–H and O–H groups in total. The van der Waals surface area contributed by atoms with Crippen molar-refractivity contribution in [3.05, 3.63) is 36.0 Å². The van der Waals surface area contributed by atoms with Crippen LogP contribution in [0.25, 0.3) is 0 Å². The number of hydrogen-bond acceptors (Lipinski definition) is 8. The van der Waals surface area contributed by atoms with Crippen LogP contribution in [0.4, 0.5) is 17.5 Å². The van der Waals surface area contributed by atoms with Crippen LogP contribution in [0.1, 0.15) is 10.4 Å². The molecule has 0 aliphatic heterocycles. The van der Waals surface area contributed by atoms with Crippen LogP contribution in [0, 0.1) is 0 Å². The first kappa shape index (κ1) is 16.6. The zero-order chi connectivity index (χ0) is 16.7. The second-order valence-electron chi connectivity index (χ2n) is 5.09. The van der Waals surface area contributed by atoms with E-state index in [1.165, 1.54) is 13.3 Å². The Morgan fingerprint density at radius 1 is 1.35 bits per heavy atom. The third-order valence-corrected chi connectivity index (χ3v) is 2.96. The first-order valence-corrected chi connectivity index (χ1v) is 7.12. The SMILES string of the molecule is COC(=O)c1cccc(Nc2cnnc(NCCN(C)C)n2)c1. The van der Waals surface area contributed by atoms with Gasteiger partial charge in [0, 0.05) is 18.8 Å². The molecule has 0 unspecified atom stereocenters. The highest BCUT2D eigenvalue weighted by atomic mass is 16.5. The van der Waals surface area contributed by atoms with Crippen molar-refractivity contribution in [1.82, 2.24) is 20.1 Å². The normalized spacial score (nSPS) is 10.4. The van der Waals surface area contributed by atoms with Gasteiger partial charge >= 0.3 is 5.97 Å². The summed E-state index contributed by atoms with van der Waals surface area (Å²) in [5, 5.41) is 14.0. The van der Waals surface area contributed by atoms with Gasteiger partial charge in [0.25, 0.3) is 0 Å². The van der Waals surface area contributed by atoms with E-state index in [0.29, 0.717) is 23.0 Å². The second kappa shape index (κ2) is 8.04. The third kappa shape index (κ3) is 5.19. The lowest BCUT2D eigenvalue weighted by Crippen LogP contribution is -2.21. The number of nitrogens with zero attached hydrogens (tertiary/aromatic N) is 4. The summed E-state index contributed by atoms with van der Waals surface area (Å²) in [6, 6.07) is 6.96. The molecular weight excluding hydrogens is 296 g/mol. The molecule has 0 spiro atoms. The van der Waals surface area contributed by atoms with Gasteiger partial charge in [0.05, 0.1) is 18.9 Å². The highest BCUT2D eigenvalue weighted by Crippen LogP contribution is 2.16. The van der Waals surface area contributed by atoms with E-state index in [9.17, 15) is 4.79 Å². The number of carbonyl (C=O) groups is 1.